The van der Waals surface area contributed by atoms with Gasteiger partial charge in [0.2, 0.25) is 0 Å². The Kier molecular flexibility index (Phi) is 6.61. The Morgan fingerprint density at radius 2 is 1.48 bits per heavy atom. The Balaban J connectivity index is 0.00000145. The number of rotatable bonds is 5. The maximum Gasteiger partial charge on any atom is 0.586 e. The molecule has 0 saturated carbocycles. The predicted octanol–water partition coefficient (Wildman–Crippen LogP) is 5.90. The number of alkyl halides is 5. The highest BCUT2D eigenvalue weighted by molar-refractivity contribution is 6.03. The van der Waals surface area contributed by atoms with Gasteiger partial charge in [-0.3, -0.25) is 9.59 Å². The fourth-order valence-corrected chi connectivity index (χ4v) is 2.60. The van der Waals surface area contributed by atoms with E-state index in [1.54, 1.807) is 0 Å². The topological polar surface area (TPSA) is 52.6 Å². The van der Waals surface area contributed by atoms with Crippen molar-refractivity contribution in [1.29, 1.82) is 0 Å². The molecule has 0 spiro atoms. The third-order valence-corrected chi connectivity index (χ3v) is 3.84. The molecule has 1 heterocycles. The molecule has 2 aromatic carbocycles. The summed E-state index contributed by atoms with van der Waals surface area (Å²) < 4.78 is 73.3. The van der Waals surface area contributed by atoms with Gasteiger partial charge in [-0.05, 0) is 24.3 Å². The number of hydrogen-bond acceptors (Lipinski definition) is 4. The summed E-state index contributed by atoms with van der Waals surface area (Å²) in [5.74, 6) is -2.02. The second-order valence-corrected chi connectivity index (χ2v) is 5.72. The van der Waals surface area contributed by atoms with E-state index in [1.165, 1.54) is 12.1 Å². The molecule has 29 heavy (non-hydrogen) atoms. The Morgan fingerprint density at radius 1 is 0.897 bits per heavy atom. The maximum absolute atomic E-state index is 13.0. The average Bonchev–Trinajstić information content (AvgIpc) is 2.99. The van der Waals surface area contributed by atoms with E-state index in [-0.39, 0.29) is 23.5 Å². The number of ketones is 2. The first-order valence-electron chi connectivity index (χ1n) is 8.69. The number of benzene rings is 2. The van der Waals surface area contributed by atoms with E-state index in [4.69, 9.17) is 0 Å². The van der Waals surface area contributed by atoms with Gasteiger partial charge in [-0.25, -0.2) is 0 Å². The van der Waals surface area contributed by atoms with Gasteiger partial charge in [-0.2, -0.15) is 13.2 Å². The van der Waals surface area contributed by atoms with E-state index >= 15 is 0 Å². The van der Waals surface area contributed by atoms with E-state index in [2.05, 4.69) is 9.47 Å². The number of Topliss-reactive ketones (excluding diaryl/α,β-unsaturated/α-hetero) is 2. The predicted molar refractivity (Wildman–Crippen MR) is 93.3 cm³/mol. The van der Waals surface area contributed by atoms with Crippen LogP contribution in [0.25, 0.3) is 0 Å². The summed E-state index contributed by atoms with van der Waals surface area (Å²) >= 11 is 0. The quantitative estimate of drug-likeness (QED) is 0.450. The van der Waals surface area contributed by atoms with Gasteiger partial charge in [0, 0.05) is 24.0 Å². The minimum absolute atomic E-state index is 0.0213. The number of hydrogen-bond donors (Lipinski definition) is 0. The van der Waals surface area contributed by atoms with Crippen LogP contribution < -0.4 is 9.47 Å². The van der Waals surface area contributed by atoms with Crippen LogP contribution in [0.3, 0.4) is 0 Å². The van der Waals surface area contributed by atoms with Gasteiger partial charge < -0.3 is 9.47 Å². The monoisotopic (exact) mass is 416 g/mol. The van der Waals surface area contributed by atoms with Crippen LogP contribution in [0.5, 0.6) is 11.5 Å². The standard InChI is InChI=1S/C18H11F5O4.C2H6/c19-17(20,21)12-4-2-1-3-11(12)14(25)7-6-13(24)10-5-8-15-16(9-10)27-18(22,23)26-15;1-2/h1-5,8-9H,6-7H2;1-2H3. The molecule has 0 atom stereocenters. The highest BCUT2D eigenvalue weighted by Crippen LogP contribution is 2.41. The van der Waals surface area contributed by atoms with Crippen molar-refractivity contribution in [3.63, 3.8) is 0 Å². The van der Waals surface area contributed by atoms with E-state index in [0.29, 0.717) is 0 Å². The third kappa shape index (κ3) is 5.30. The molecule has 4 nitrogen and oxygen atoms in total. The van der Waals surface area contributed by atoms with Gasteiger partial charge in [-0.1, -0.05) is 32.0 Å². The molecule has 0 amide bonds. The molecular formula is C20H17F5O4. The van der Waals surface area contributed by atoms with Crippen molar-refractivity contribution >= 4 is 11.6 Å². The number of halogens is 5. The Bertz CT molecular complexity index is 906. The molecule has 1 aliphatic rings. The van der Waals surface area contributed by atoms with Crippen molar-refractivity contribution in [3.8, 4) is 11.5 Å². The molecule has 0 aliphatic carbocycles. The highest BCUT2D eigenvalue weighted by atomic mass is 19.4. The third-order valence-electron chi connectivity index (χ3n) is 3.84. The van der Waals surface area contributed by atoms with Crippen LogP contribution in [-0.4, -0.2) is 17.9 Å². The van der Waals surface area contributed by atoms with E-state index < -0.39 is 41.6 Å². The molecule has 2 aromatic rings. The summed E-state index contributed by atoms with van der Waals surface area (Å²) in [5.41, 5.74) is -1.62. The summed E-state index contributed by atoms with van der Waals surface area (Å²) in [6.07, 6.45) is -9.38. The first kappa shape index (κ1) is 22.3. The normalized spacial score (nSPS) is 14.0. The molecule has 9 heteroatoms. The lowest BCUT2D eigenvalue weighted by Gasteiger charge is -2.11. The maximum atomic E-state index is 13.0. The van der Waals surface area contributed by atoms with Crippen LogP contribution in [0, 0.1) is 0 Å². The highest BCUT2D eigenvalue weighted by Gasteiger charge is 2.43. The summed E-state index contributed by atoms with van der Waals surface area (Å²) in [4.78, 5) is 24.3. The van der Waals surface area contributed by atoms with Gasteiger partial charge in [0.15, 0.2) is 23.1 Å². The molecule has 0 radical (unpaired) electrons. The summed E-state index contributed by atoms with van der Waals surface area (Å²) in [7, 11) is 0. The van der Waals surface area contributed by atoms with Crippen molar-refractivity contribution < 1.29 is 41.0 Å². The zero-order valence-corrected chi connectivity index (χ0v) is 15.5. The molecule has 0 bridgehead atoms. The van der Waals surface area contributed by atoms with E-state index in [9.17, 15) is 31.5 Å². The van der Waals surface area contributed by atoms with Crippen LogP contribution in [0.2, 0.25) is 0 Å². The first-order valence-corrected chi connectivity index (χ1v) is 8.69. The lowest BCUT2D eigenvalue weighted by molar-refractivity contribution is -0.286. The van der Waals surface area contributed by atoms with Crippen LogP contribution in [0.15, 0.2) is 42.5 Å². The minimum Gasteiger partial charge on any atom is -0.395 e. The van der Waals surface area contributed by atoms with Crippen molar-refractivity contribution in [3.05, 3.63) is 59.2 Å². The molecule has 1 aliphatic heterocycles. The Hall–Kier alpha value is -2.97. The number of carbonyl (C=O) groups excluding carboxylic acids is 2. The van der Waals surface area contributed by atoms with Crippen molar-refractivity contribution in [1.82, 2.24) is 0 Å². The van der Waals surface area contributed by atoms with Crippen molar-refractivity contribution in [2.24, 2.45) is 0 Å². The molecule has 156 valence electrons. The SMILES string of the molecule is CC.O=C(CCC(=O)c1ccccc1C(F)(F)F)c1ccc2c(c1)OC(F)(F)O2. The molecule has 0 unspecified atom stereocenters. The molecular weight excluding hydrogens is 399 g/mol. The molecule has 0 N–H and O–H groups in total. The minimum atomic E-state index is -4.70. The Morgan fingerprint density at radius 3 is 2.14 bits per heavy atom. The molecule has 0 saturated heterocycles. The van der Waals surface area contributed by atoms with Crippen molar-refractivity contribution in [2.75, 3.05) is 0 Å². The smallest absolute Gasteiger partial charge is 0.395 e. The number of carbonyl (C=O) groups is 2. The van der Waals surface area contributed by atoms with Gasteiger partial charge in [-0.15, -0.1) is 8.78 Å². The van der Waals surface area contributed by atoms with Crippen LogP contribution in [0.4, 0.5) is 22.0 Å². The lowest BCUT2D eigenvalue weighted by atomic mass is 9.97. The van der Waals surface area contributed by atoms with E-state index in [0.717, 1.165) is 30.3 Å². The summed E-state index contributed by atoms with van der Waals surface area (Å²) in [6, 6.07) is 7.64. The van der Waals surface area contributed by atoms with E-state index in [1.807, 2.05) is 13.8 Å². The van der Waals surface area contributed by atoms with Crippen LogP contribution >= 0.6 is 0 Å². The molecule has 0 fully saturated rings. The fraction of sp³-hybridized carbons (Fsp3) is 0.300. The van der Waals surface area contributed by atoms with Crippen LogP contribution in [0.1, 0.15) is 53.0 Å². The number of fused-ring (bicyclic) bond motifs is 1. The van der Waals surface area contributed by atoms with Crippen molar-refractivity contribution in [2.45, 2.75) is 39.2 Å². The Labute approximate surface area is 163 Å². The number of ether oxygens (including phenoxy) is 2. The zero-order chi connectivity index (χ0) is 21.8. The second kappa shape index (κ2) is 8.59. The summed E-state index contributed by atoms with van der Waals surface area (Å²) in [6.45, 7) is 4.00. The average molecular weight is 416 g/mol. The lowest BCUT2D eigenvalue weighted by Crippen LogP contribution is -2.25. The van der Waals surface area contributed by atoms with Gasteiger partial charge >= 0.3 is 12.5 Å². The van der Waals surface area contributed by atoms with Gasteiger partial charge in [0.05, 0.1) is 5.56 Å². The van der Waals surface area contributed by atoms with Gasteiger partial charge in [0.25, 0.3) is 0 Å². The zero-order valence-electron chi connectivity index (χ0n) is 15.5. The molecule has 0 aromatic heterocycles. The second-order valence-electron chi connectivity index (χ2n) is 5.72. The largest absolute Gasteiger partial charge is 0.586 e. The first-order chi connectivity index (χ1) is 13.6. The summed E-state index contributed by atoms with van der Waals surface area (Å²) in [5, 5.41) is 0. The molecule has 3 rings (SSSR count). The van der Waals surface area contributed by atoms with Crippen LogP contribution in [-0.2, 0) is 6.18 Å². The fourth-order valence-electron chi connectivity index (χ4n) is 2.60. The van der Waals surface area contributed by atoms with Gasteiger partial charge in [0.1, 0.15) is 0 Å².